The first-order valence-electron chi connectivity index (χ1n) is 21.1. The number of para-hydroxylation sites is 2. The molecule has 0 spiro atoms. The van der Waals surface area contributed by atoms with Crippen LogP contribution < -0.4 is 17.6 Å². The van der Waals surface area contributed by atoms with E-state index in [1.165, 1.54) is 56.1 Å². The van der Waals surface area contributed by atoms with Crippen molar-refractivity contribution in [1.29, 1.82) is 0 Å². The molecule has 0 N–H and O–H groups in total. The Labute approximate surface area is 353 Å². The zero-order valence-corrected chi connectivity index (χ0v) is 36.1. The second-order valence-corrected chi connectivity index (χ2v) is 25.2. The molecular weight excluding hydrogens is 787 g/mol. The molecule has 4 heteroatoms. The Morgan fingerprint density at radius 3 is 1.92 bits per heavy atom. The molecule has 0 radical (unpaired) electrons. The Morgan fingerprint density at radius 1 is 0.550 bits per heavy atom. The van der Waals surface area contributed by atoms with E-state index >= 15 is 0 Å². The van der Waals surface area contributed by atoms with E-state index < -0.39 is 13.3 Å². The van der Waals surface area contributed by atoms with Crippen LogP contribution >= 0.6 is 0 Å². The number of benzene rings is 7. The van der Waals surface area contributed by atoms with Crippen molar-refractivity contribution in [2.75, 3.05) is 0 Å². The maximum absolute atomic E-state index is 5.82. The summed E-state index contributed by atoms with van der Waals surface area (Å²) < 4.78 is 8.00. The van der Waals surface area contributed by atoms with Gasteiger partial charge in [-0.05, 0) is 0 Å². The van der Waals surface area contributed by atoms with Gasteiger partial charge in [0.05, 0.1) is 0 Å². The van der Waals surface area contributed by atoms with Crippen molar-refractivity contribution >= 4 is 52.7 Å². The van der Waals surface area contributed by atoms with Gasteiger partial charge in [0.25, 0.3) is 0 Å². The minimum absolute atomic E-state index is 0.0600. The van der Waals surface area contributed by atoms with Crippen LogP contribution in [0.5, 0.6) is 0 Å². The van der Waals surface area contributed by atoms with Crippen LogP contribution in [0.2, 0.25) is 0 Å². The summed E-state index contributed by atoms with van der Waals surface area (Å²) >= 11 is -3.70. The molecule has 3 heterocycles. The first kappa shape index (κ1) is 35.4. The molecule has 2 aliphatic carbocycles. The zero-order valence-electron chi connectivity index (χ0n) is 34.0. The van der Waals surface area contributed by atoms with E-state index in [4.69, 9.17) is 9.97 Å². The third kappa shape index (κ3) is 4.61. The van der Waals surface area contributed by atoms with Gasteiger partial charge in [0.15, 0.2) is 0 Å². The quantitative estimate of drug-likeness (QED) is 0.162. The third-order valence-corrected chi connectivity index (χ3v) is 24.6. The van der Waals surface area contributed by atoms with Crippen LogP contribution in [0.1, 0.15) is 37.8 Å². The van der Waals surface area contributed by atoms with Gasteiger partial charge in [-0.2, -0.15) is 0 Å². The van der Waals surface area contributed by atoms with Gasteiger partial charge in [0, 0.05) is 0 Å². The van der Waals surface area contributed by atoms with Crippen LogP contribution in [0.15, 0.2) is 200 Å². The minimum atomic E-state index is -3.70. The molecule has 0 saturated heterocycles. The molecule has 3 aliphatic rings. The third-order valence-electron chi connectivity index (χ3n) is 14.4. The Bertz CT molecular complexity index is 3210. The average Bonchev–Trinajstić information content (AvgIpc) is 3.86. The number of rotatable bonds is 5. The predicted molar refractivity (Wildman–Crippen MR) is 252 cm³/mol. The van der Waals surface area contributed by atoms with E-state index in [1.807, 2.05) is 0 Å². The van der Waals surface area contributed by atoms with Gasteiger partial charge in [0.1, 0.15) is 0 Å². The van der Waals surface area contributed by atoms with Gasteiger partial charge in [-0.3, -0.25) is 0 Å². The molecule has 9 aromatic rings. The molecule has 0 amide bonds. The summed E-state index contributed by atoms with van der Waals surface area (Å²) in [5, 5.41) is 2.53. The van der Waals surface area contributed by atoms with E-state index in [1.54, 1.807) is 0 Å². The number of nitrogens with zero attached hydrogens (tertiary/aromatic N) is 3. The van der Waals surface area contributed by atoms with Gasteiger partial charge >= 0.3 is 344 Å². The number of hydrogen-bond acceptors (Lipinski definition) is 2. The van der Waals surface area contributed by atoms with Crippen LogP contribution in [0.25, 0.3) is 61.4 Å². The van der Waals surface area contributed by atoms with Crippen LogP contribution in [-0.2, 0) is 5.41 Å². The molecule has 0 fully saturated rings. The van der Waals surface area contributed by atoms with E-state index in [2.05, 4.69) is 226 Å². The van der Waals surface area contributed by atoms with Crippen LogP contribution in [0, 0.1) is 5.41 Å². The van der Waals surface area contributed by atoms with Crippen molar-refractivity contribution in [3.63, 3.8) is 0 Å². The van der Waals surface area contributed by atoms with Crippen molar-refractivity contribution in [2.24, 2.45) is 5.41 Å². The number of aromatic nitrogens is 3. The fourth-order valence-corrected chi connectivity index (χ4v) is 22.3. The van der Waals surface area contributed by atoms with Crippen molar-refractivity contribution < 1.29 is 0 Å². The second kappa shape index (κ2) is 13.0. The Kier molecular flexibility index (Phi) is 7.65. The van der Waals surface area contributed by atoms with Gasteiger partial charge < -0.3 is 0 Å². The van der Waals surface area contributed by atoms with E-state index in [0.717, 1.165) is 34.0 Å². The summed E-state index contributed by atoms with van der Waals surface area (Å²) in [5.41, 5.74) is 11.6. The molecule has 0 saturated carbocycles. The van der Waals surface area contributed by atoms with E-state index in [9.17, 15) is 0 Å². The zero-order chi connectivity index (χ0) is 40.2. The van der Waals surface area contributed by atoms with Crippen LogP contribution in [0.4, 0.5) is 0 Å². The monoisotopic (exact) mass is 831 g/mol. The normalized spacial score (nSPS) is 18.9. The molecule has 3 nitrogen and oxygen atoms in total. The molecule has 60 heavy (non-hydrogen) atoms. The second-order valence-electron chi connectivity index (χ2n) is 17.4. The van der Waals surface area contributed by atoms with Gasteiger partial charge in [-0.1, -0.05) is 12.2 Å². The summed E-state index contributed by atoms with van der Waals surface area (Å²) in [4.78, 5) is 11.6. The topological polar surface area (TPSA) is 30.7 Å². The number of hydrogen-bond donors (Lipinski definition) is 0. The Balaban J connectivity index is 1.19. The summed E-state index contributed by atoms with van der Waals surface area (Å²) in [6.45, 7) is 7.35. The molecule has 12 rings (SSSR count). The molecular formula is C56H43GeN3. The number of allylic oxidation sites excluding steroid dienone is 4. The van der Waals surface area contributed by atoms with E-state index in [-0.39, 0.29) is 10.8 Å². The summed E-state index contributed by atoms with van der Waals surface area (Å²) in [6.07, 6.45) is 9.33. The molecule has 7 aromatic carbocycles. The summed E-state index contributed by atoms with van der Waals surface area (Å²) in [7, 11) is 0. The fraction of sp³-hybridized carbons (Fsp3) is 0.107. The van der Waals surface area contributed by atoms with Crippen LogP contribution in [-0.4, -0.2) is 27.8 Å². The first-order valence-corrected chi connectivity index (χ1v) is 25.3. The molecule has 2 unspecified atom stereocenters. The summed E-state index contributed by atoms with van der Waals surface area (Å²) in [6, 6.07) is 64.9. The van der Waals surface area contributed by atoms with Crippen LogP contribution in [0.3, 0.4) is 0 Å². The fourth-order valence-electron chi connectivity index (χ4n) is 11.4. The van der Waals surface area contributed by atoms with Crippen molar-refractivity contribution in [2.45, 2.75) is 32.1 Å². The molecule has 2 atom stereocenters. The Hall–Kier alpha value is -6.56. The number of fused-ring (bicyclic) bond motifs is 10. The van der Waals surface area contributed by atoms with E-state index in [0.29, 0.717) is 5.92 Å². The van der Waals surface area contributed by atoms with Gasteiger partial charge in [-0.15, -0.1) is 0 Å². The van der Waals surface area contributed by atoms with Crippen molar-refractivity contribution in [3.05, 3.63) is 211 Å². The average molecular weight is 831 g/mol. The van der Waals surface area contributed by atoms with Crippen molar-refractivity contribution in [3.8, 4) is 39.6 Å². The SMILES string of the molecule is CC1(C)c2c(ccc3c4ccccc4n(-c4ccccc4-c4nc(-c5ccccc5)[c]5c(n4)-c4cccc[c]4[Ge]5([c]4ccccc4)[c]4ccccc4)c23)C2C=CC=CC21C. The Morgan fingerprint density at radius 2 is 1.17 bits per heavy atom. The molecule has 2 aromatic heterocycles. The molecule has 0 bridgehead atoms. The summed E-state index contributed by atoms with van der Waals surface area (Å²) in [5.74, 6) is 1.04. The van der Waals surface area contributed by atoms with Gasteiger partial charge in [0.2, 0.25) is 0 Å². The molecule has 1 aliphatic heterocycles. The van der Waals surface area contributed by atoms with Gasteiger partial charge in [-0.25, -0.2) is 0 Å². The molecule has 286 valence electrons. The predicted octanol–water partition coefficient (Wildman–Crippen LogP) is 10.8. The maximum atomic E-state index is 5.82. The first-order chi connectivity index (χ1) is 29.4. The van der Waals surface area contributed by atoms with Crippen molar-refractivity contribution in [1.82, 2.24) is 14.5 Å². The standard InChI is InChI=1S/C56H43GeN3/c1-55(2)49-42(45-30-19-20-36-56(45,55)3)35-34-41-40-27-14-17-32-47(40)60(53(41)49)48-33-18-15-29-44(48)54-58-51(37-21-7-4-8-22-37)50-52(59-54)43-28-13-16-31-46(43)57(50,38-23-9-5-10-24-38)39-25-11-6-12-26-39/h4-36,45H,1-3H3.